The molecule has 0 spiro atoms. The first kappa shape index (κ1) is 19.2. The highest BCUT2D eigenvalue weighted by atomic mass is 32.1. The van der Waals surface area contributed by atoms with E-state index in [9.17, 15) is 9.59 Å². The van der Waals surface area contributed by atoms with E-state index < -0.39 is 0 Å². The number of anilines is 1. The number of furan rings is 1. The van der Waals surface area contributed by atoms with E-state index in [1.54, 1.807) is 42.7 Å². The topological polar surface area (TPSA) is 59.8 Å². The van der Waals surface area contributed by atoms with Crippen LogP contribution in [0.5, 0.6) is 5.75 Å². The van der Waals surface area contributed by atoms with Gasteiger partial charge < -0.3 is 9.15 Å². The summed E-state index contributed by atoms with van der Waals surface area (Å²) in [4.78, 5) is 30.4. The number of benzene rings is 1. The van der Waals surface area contributed by atoms with Gasteiger partial charge in [-0.05, 0) is 64.1 Å². The molecule has 0 bridgehead atoms. The molecule has 0 aliphatic carbocycles. The number of carbonyl (C=O) groups is 2. The summed E-state index contributed by atoms with van der Waals surface area (Å²) in [5.41, 5.74) is 2.79. The highest BCUT2D eigenvalue weighted by Gasteiger charge is 2.42. The first-order valence-corrected chi connectivity index (χ1v) is 10.1. The number of thiophene rings is 1. The predicted octanol–water partition coefficient (Wildman–Crippen LogP) is 5.07. The number of carbonyl (C=O) groups excluding carboxylic acids is 2. The number of nitrogens with zero attached hydrogens (tertiary/aromatic N) is 1. The van der Waals surface area contributed by atoms with E-state index in [2.05, 4.69) is 0 Å². The Kier molecular flexibility index (Phi) is 4.67. The summed E-state index contributed by atoms with van der Waals surface area (Å²) in [7, 11) is 1.57. The quantitative estimate of drug-likeness (QED) is 0.567. The van der Waals surface area contributed by atoms with Crippen LogP contribution in [0.4, 0.5) is 5.69 Å². The summed E-state index contributed by atoms with van der Waals surface area (Å²) in [6.45, 7) is 7.61. The molecule has 0 saturated carbocycles. The average molecular weight is 407 g/mol. The van der Waals surface area contributed by atoms with Gasteiger partial charge in [-0.15, -0.1) is 11.3 Å². The van der Waals surface area contributed by atoms with Crippen molar-refractivity contribution in [2.45, 2.75) is 27.7 Å². The van der Waals surface area contributed by atoms with Crippen molar-refractivity contribution in [2.75, 3.05) is 12.0 Å². The Balaban J connectivity index is 1.92. The summed E-state index contributed by atoms with van der Waals surface area (Å²) in [5, 5.41) is 0. The number of rotatable bonds is 4. The fourth-order valence-corrected chi connectivity index (χ4v) is 4.68. The van der Waals surface area contributed by atoms with E-state index in [0.717, 1.165) is 15.3 Å². The van der Waals surface area contributed by atoms with Gasteiger partial charge in [0.05, 0.1) is 23.9 Å². The van der Waals surface area contributed by atoms with Crippen LogP contribution in [0.25, 0.3) is 11.1 Å². The third-order valence-corrected chi connectivity index (χ3v) is 6.00. The van der Waals surface area contributed by atoms with E-state index in [-0.39, 0.29) is 11.8 Å². The maximum Gasteiger partial charge on any atom is 0.266 e. The number of ether oxygens (including phenoxy) is 1. The number of hydrogen-bond donors (Lipinski definition) is 0. The lowest BCUT2D eigenvalue weighted by Gasteiger charge is -2.15. The molecule has 2 amide bonds. The molecule has 0 atom stereocenters. The van der Waals surface area contributed by atoms with Crippen molar-refractivity contribution in [2.24, 2.45) is 0 Å². The zero-order valence-corrected chi connectivity index (χ0v) is 17.8. The highest BCUT2D eigenvalue weighted by Crippen LogP contribution is 2.42. The van der Waals surface area contributed by atoms with Crippen LogP contribution >= 0.6 is 11.3 Å². The van der Waals surface area contributed by atoms with Gasteiger partial charge in [0.1, 0.15) is 17.3 Å². The number of amides is 2. The summed E-state index contributed by atoms with van der Waals surface area (Å²) in [6.07, 6.45) is 0. The van der Waals surface area contributed by atoms with Crippen molar-refractivity contribution in [1.82, 2.24) is 0 Å². The molecule has 1 aliphatic rings. The first-order valence-electron chi connectivity index (χ1n) is 9.23. The molecule has 3 aromatic rings. The minimum atomic E-state index is -0.345. The third-order valence-electron chi connectivity index (χ3n) is 5.04. The molecule has 2 aromatic heterocycles. The van der Waals surface area contributed by atoms with Gasteiger partial charge in [0.15, 0.2) is 0 Å². The molecule has 0 fully saturated rings. The molecule has 5 nitrogen and oxygen atoms in total. The second-order valence-corrected chi connectivity index (χ2v) is 8.51. The summed E-state index contributed by atoms with van der Waals surface area (Å²) in [5.74, 6) is 1.31. The van der Waals surface area contributed by atoms with Gasteiger partial charge in [-0.1, -0.05) is 0 Å². The van der Waals surface area contributed by atoms with E-state index in [4.69, 9.17) is 9.15 Å². The van der Waals surface area contributed by atoms with Crippen LogP contribution < -0.4 is 9.64 Å². The van der Waals surface area contributed by atoms with Gasteiger partial charge >= 0.3 is 0 Å². The van der Waals surface area contributed by atoms with Crippen LogP contribution in [0.15, 0.2) is 40.8 Å². The van der Waals surface area contributed by atoms with Gasteiger partial charge in [-0.25, -0.2) is 4.90 Å². The van der Waals surface area contributed by atoms with Crippen LogP contribution in [0, 0.1) is 27.7 Å². The van der Waals surface area contributed by atoms with Crippen molar-refractivity contribution < 1.29 is 18.7 Å². The second kappa shape index (κ2) is 7.04. The van der Waals surface area contributed by atoms with Crippen molar-refractivity contribution in [3.63, 3.8) is 0 Å². The zero-order chi connectivity index (χ0) is 20.9. The lowest BCUT2D eigenvalue weighted by atomic mass is 9.96. The maximum atomic E-state index is 13.5. The second-order valence-electron chi connectivity index (χ2n) is 7.05. The Morgan fingerprint density at radius 2 is 1.52 bits per heavy atom. The predicted molar refractivity (Wildman–Crippen MR) is 114 cm³/mol. The molecule has 148 valence electrons. The Bertz CT molecular complexity index is 1100. The third kappa shape index (κ3) is 3.09. The van der Waals surface area contributed by atoms with Gasteiger partial charge in [-0.2, -0.15) is 0 Å². The number of methoxy groups -OCH3 is 1. The molecule has 6 heteroatoms. The van der Waals surface area contributed by atoms with Crippen LogP contribution in [0.3, 0.4) is 0 Å². The minimum absolute atomic E-state index is 0.325. The van der Waals surface area contributed by atoms with Crippen molar-refractivity contribution in [3.8, 4) is 5.75 Å². The van der Waals surface area contributed by atoms with Crippen molar-refractivity contribution in [3.05, 3.63) is 68.8 Å². The molecule has 0 saturated heterocycles. The molecule has 0 radical (unpaired) electrons. The van der Waals surface area contributed by atoms with Gasteiger partial charge in [0, 0.05) is 20.9 Å². The van der Waals surface area contributed by atoms with Crippen LogP contribution in [-0.4, -0.2) is 18.9 Å². The Morgan fingerprint density at radius 1 is 0.897 bits per heavy atom. The van der Waals surface area contributed by atoms with E-state index in [1.807, 2.05) is 39.8 Å². The largest absolute Gasteiger partial charge is 0.497 e. The lowest BCUT2D eigenvalue weighted by molar-refractivity contribution is -0.119. The average Bonchev–Trinajstić information content (AvgIpc) is 3.27. The van der Waals surface area contributed by atoms with Gasteiger partial charge in [0.2, 0.25) is 0 Å². The molecule has 1 aromatic carbocycles. The summed E-state index contributed by atoms with van der Waals surface area (Å²) >= 11 is 1.61. The molecule has 3 heterocycles. The normalized spacial score (nSPS) is 14.3. The van der Waals surface area contributed by atoms with Crippen molar-refractivity contribution in [1.29, 1.82) is 0 Å². The maximum absolute atomic E-state index is 13.5. The molecule has 0 N–H and O–H groups in total. The number of hydrogen-bond acceptors (Lipinski definition) is 5. The zero-order valence-electron chi connectivity index (χ0n) is 17.0. The van der Waals surface area contributed by atoms with Gasteiger partial charge in [0.25, 0.3) is 11.8 Å². The van der Waals surface area contributed by atoms with Gasteiger partial charge in [-0.3, -0.25) is 9.59 Å². The standard InChI is InChI=1S/C23H21NO4S/c1-12-10-18(14(3)28-12)20-21(19-11-13(2)29-15(19)4)23(26)24(22(20)25)16-6-8-17(27-5)9-7-16/h6-11H,1-5H3. The van der Waals surface area contributed by atoms with E-state index in [0.29, 0.717) is 39.7 Å². The summed E-state index contributed by atoms with van der Waals surface area (Å²) in [6, 6.07) is 10.7. The Morgan fingerprint density at radius 3 is 2.00 bits per heavy atom. The molecule has 0 unspecified atom stereocenters. The monoisotopic (exact) mass is 407 g/mol. The molecular formula is C23H21NO4S. The molecule has 1 aliphatic heterocycles. The van der Waals surface area contributed by atoms with E-state index in [1.165, 1.54) is 4.90 Å². The van der Waals surface area contributed by atoms with Crippen molar-refractivity contribution >= 4 is 40.0 Å². The van der Waals surface area contributed by atoms with Crippen LogP contribution in [0.1, 0.15) is 32.4 Å². The smallest absolute Gasteiger partial charge is 0.266 e. The molecule has 29 heavy (non-hydrogen) atoms. The minimum Gasteiger partial charge on any atom is -0.497 e. The highest BCUT2D eigenvalue weighted by molar-refractivity contribution is 7.12. The lowest BCUT2D eigenvalue weighted by Crippen LogP contribution is -2.31. The first-order chi connectivity index (χ1) is 13.8. The SMILES string of the molecule is COc1ccc(N2C(=O)C(c3cc(C)oc3C)=C(c3cc(C)sc3C)C2=O)cc1. The molecular weight excluding hydrogens is 386 g/mol. The number of imide groups is 1. The summed E-state index contributed by atoms with van der Waals surface area (Å²) < 4.78 is 10.9. The fraction of sp³-hybridized carbons (Fsp3) is 0.217. The Hall–Kier alpha value is -3.12. The van der Waals surface area contributed by atoms with E-state index >= 15 is 0 Å². The fourth-order valence-electron chi connectivity index (χ4n) is 3.75. The number of aryl methyl sites for hydroxylation is 4. The van der Waals surface area contributed by atoms with Crippen LogP contribution in [0.2, 0.25) is 0 Å². The van der Waals surface area contributed by atoms with Crippen LogP contribution in [-0.2, 0) is 9.59 Å². The molecule has 4 rings (SSSR count). The Labute approximate surface area is 173 Å².